The van der Waals surface area contributed by atoms with Crippen LogP contribution in [-0.4, -0.2) is 31.7 Å². The number of hydrogen-bond donors (Lipinski definition) is 2. The van der Waals surface area contributed by atoms with Crippen molar-refractivity contribution in [2.75, 3.05) is 19.7 Å². The highest BCUT2D eigenvalue weighted by Gasteiger charge is 2.26. The molecule has 0 saturated carbocycles. The van der Waals surface area contributed by atoms with Gasteiger partial charge in [0, 0.05) is 24.4 Å². The van der Waals surface area contributed by atoms with Crippen molar-refractivity contribution in [3.63, 3.8) is 0 Å². The second-order valence-corrected chi connectivity index (χ2v) is 5.69. The van der Waals surface area contributed by atoms with Crippen molar-refractivity contribution in [3.05, 3.63) is 21.9 Å². The maximum Gasteiger partial charge on any atom is 0.252 e. The lowest BCUT2D eigenvalue weighted by molar-refractivity contribution is 0.0827. The van der Waals surface area contributed by atoms with Crippen LogP contribution in [0.1, 0.15) is 35.0 Å². The number of ether oxygens (including phenoxy) is 1. The fourth-order valence-electron chi connectivity index (χ4n) is 2.36. The van der Waals surface area contributed by atoms with Gasteiger partial charge in [-0.2, -0.15) is 0 Å². The van der Waals surface area contributed by atoms with Gasteiger partial charge >= 0.3 is 0 Å². The molecule has 1 saturated heterocycles. The maximum atomic E-state index is 12.1. The van der Waals surface area contributed by atoms with Gasteiger partial charge in [0.05, 0.1) is 23.1 Å². The standard InChI is InChI=1S/C15H20N2O2S/c1-2-14-11(5-7-19-14)9-17-15(18)12-8-13(20-10-12)4-3-6-16/h8,10-11,14H,2,5-7,9,16H2,1H3,(H,17,18). The van der Waals surface area contributed by atoms with Gasteiger partial charge in [-0.15, -0.1) is 11.3 Å². The highest BCUT2D eigenvalue weighted by atomic mass is 32.1. The molecule has 0 aliphatic carbocycles. The zero-order valence-electron chi connectivity index (χ0n) is 11.6. The molecule has 2 rings (SSSR count). The average Bonchev–Trinajstić information content (AvgIpc) is 3.11. The zero-order chi connectivity index (χ0) is 14.4. The molecule has 0 bridgehead atoms. The van der Waals surface area contributed by atoms with E-state index in [4.69, 9.17) is 10.5 Å². The summed E-state index contributed by atoms with van der Waals surface area (Å²) in [6.45, 7) is 3.93. The third-order valence-electron chi connectivity index (χ3n) is 3.45. The lowest BCUT2D eigenvalue weighted by atomic mass is 9.99. The third-order valence-corrected chi connectivity index (χ3v) is 4.29. The Balaban J connectivity index is 1.87. The minimum atomic E-state index is -0.0381. The van der Waals surface area contributed by atoms with Crippen molar-refractivity contribution < 1.29 is 9.53 Å². The predicted molar refractivity (Wildman–Crippen MR) is 80.7 cm³/mol. The van der Waals surface area contributed by atoms with Crippen molar-refractivity contribution >= 4 is 17.2 Å². The number of rotatable bonds is 4. The van der Waals surface area contributed by atoms with E-state index in [0.717, 1.165) is 24.3 Å². The van der Waals surface area contributed by atoms with E-state index < -0.39 is 0 Å². The predicted octanol–water partition coefficient (Wildman–Crippen LogP) is 1.60. The first-order valence-corrected chi connectivity index (χ1v) is 7.79. The van der Waals surface area contributed by atoms with Crippen LogP contribution in [0.3, 0.4) is 0 Å². The minimum absolute atomic E-state index is 0.0381. The van der Waals surface area contributed by atoms with Crippen LogP contribution < -0.4 is 11.1 Å². The smallest absolute Gasteiger partial charge is 0.252 e. The van der Waals surface area contributed by atoms with Gasteiger partial charge in [-0.3, -0.25) is 4.79 Å². The fraction of sp³-hybridized carbons (Fsp3) is 0.533. The number of hydrogen-bond acceptors (Lipinski definition) is 4. The Morgan fingerprint density at radius 1 is 1.65 bits per heavy atom. The summed E-state index contributed by atoms with van der Waals surface area (Å²) in [7, 11) is 0. The number of amides is 1. The van der Waals surface area contributed by atoms with Gasteiger partial charge in [0.2, 0.25) is 0 Å². The number of nitrogens with two attached hydrogens (primary N) is 1. The Hall–Kier alpha value is -1.35. The van der Waals surface area contributed by atoms with Crippen LogP contribution in [0.25, 0.3) is 0 Å². The van der Waals surface area contributed by atoms with Crippen LogP contribution in [0.4, 0.5) is 0 Å². The molecule has 0 spiro atoms. The van der Waals surface area contributed by atoms with Crippen LogP contribution in [0, 0.1) is 17.8 Å². The molecular weight excluding hydrogens is 272 g/mol. The van der Waals surface area contributed by atoms with E-state index in [-0.39, 0.29) is 12.0 Å². The second-order valence-electron chi connectivity index (χ2n) is 4.78. The van der Waals surface area contributed by atoms with E-state index in [1.165, 1.54) is 11.3 Å². The summed E-state index contributed by atoms with van der Waals surface area (Å²) in [5.41, 5.74) is 6.00. The van der Waals surface area contributed by atoms with E-state index in [1.807, 2.05) is 11.4 Å². The largest absolute Gasteiger partial charge is 0.378 e. The van der Waals surface area contributed by atoms with Crippen LogP contribution in [0.15, 0.2) is 11.4 Å². The first-order chi connectivity index (χ1) is 9.74. The highest BCUT2D eigenvalue weighted by Crippen LogP contribution is 2.22. The molecule has 5 heteroatoms. The zero-order valence-corrected chi connectivity index (χ0v) is 12.5. The molecule has 2 atom stereocenters. The van der Waals surface area contributed by atoms with E-state index in [1.54, 1.807) is 0 Å². The number of nitrogens with one attached hydrogen (secondary N) is 1. The second kappa shape index (κ2) is 7.44. The Bertz CT molecular complexity index is 515. The molecule has 1 fully saturated rings. The SMILES string of the molecule is CCC1OCCC1CNC(=O)c1csc(C#CCN)c1. The van der Waals surface area contributed by atoms with Gasteiger partial charge < -0.3 is 15.8 Å². The number of carbonyl (C=O) groups excluding carboxylic acids is 1. The topological polar surface area (TPSA) is 64.3 Å². The van der Waals surface area contributed by atoms with Crippen molar-refractivity contribution in [2.45, 2.75) is 25.9 Å². The van der Waals surface area contributed by atoms with Crippen LogP contribution >= 0.6 is 11.3 Å². The lowest BCUT2D eigenvalue weighted by Gasteiger charge is -2.16. The summed E-state index contributed by atoms with van der Waals surface area (Å²) in [4.78, 5) is 12.9. The molecule has 0 aromatic carbocycles. The molecule has 2 heterocycles. The minimum Gasteiger partial charge on any atom is -0.378 e. The molecular formula is C15H20N2O2S. The first-order valence-electron chi connectivity index (χ1n) is 6.91. The van der Waals surface area contributed by atoms with Gasteiger partial charge in [0.25, 0.3) is 5.91 Å². The summed E-state index contributed by atoms with van der Waals surface area (Å²) >= 11 is 1.47. The summed E-state index contributed by atoms with van der Waals surface area (Å²) in [6.07, 6.45) is 2.30. The molecule has 1 aromatic heterocycles. The summed E-state index contributed by atoms with van der Waals surface area (Å²) in [5, 5.41) is 4.82. The Kier molecular flexibility index (Phi) is 5.60. The fourth-order valence-corrected chi connectivity index (χ4v) is 3.12. The molecule has 3 N–H and O–H groups in total. The van der Waals surface area contributed by atoms with Gasteiger partial charge in [0.15, 0.2) is 0 Å². The van der Waals surface area contributed by atoms with E-state index in [2.05, 4.69) is 24.1 Å². The Labute approximate surface area is 123 Å². The quantitative estimate of drug-likeness (QED) is 0.829. The molecule has 108 valence electrons. The number of thiophene rings is 1. The van der Waals surface area contributed by atoms with Gasteiger partial charge in [-0.1, -0.05) is 18.8 Å². The van der Waals surface area contributed by atoms with Crippen molar-refractivity contribution in [1.82, 2.24) is 5.32 Å². The molecule has 1 amide bonds. The molecule has 4 nitrogen and oxygen atoms in total. The van der Waals surface area contributed by atoms with Gasteiger partial charge in [-0.05, 0) is 18.9 Å². The van der Waals surface area contributed by atoms with Crippen molar-refractivity contribution in [1.29, 1.82) is 0 Å². The average molecular weight is 292 g/mol. The van der Waals surface area contributed by atoms with Crippen molar-refractivity contribution in [2.24, 2.45) is 11.7 Å². The van der Waals surface area contributed by atoms with Gasteiger partial charge in [0.1, 0.15) is 0 Å². The molecule has 1 aliphatic heterocycles. The third kappa shape index (κ3) is 3.83. The summed E-state index contributed by atoms with van der Waals surface area (Å²) < 4.78 is 5.62. The summed E-state index contributed by atoms with van der Waals surface area (Å²) in [5.74, 6) is 6.11. The first kappa shape index (κ1) is 15.0. The number of carbonyl (C=O) groups is 1. The monoisotopic (exact) mass is 292 g/mol. The Morgan fingerprint density at radius 3 is 3.25 bits per heavy atom. The normalized spacial score (nSPS) is 21.3. The van der Waals surface area contributed by atoms with E-state index in [0.29, 0.717) is 24.6 Å². The van der Waals surface area contributed by atoms with Gasteiger partial charge in [-0.25, -0.2) is 0 Å². The highest BCUT2D eigenvalue weighted by molar-refractivity contribution is 7.10. The molecule has 2 unspecified atom stereocenters. The molecule has 0 radical (unpaired) electrons. The van der Waals surface area contributed by atoms with Crippen LogP contribution in [0.2, 0.25) is 0 Å². The Morgan fingerprint density at radius 2 is 2.50 bits per heavy atom. The maximum absolute atomic E-state index is 12.1. The van der Waals surface area contributed by atoms with Crippen molar-refractivity contribution in [3.8, 4) is 11.8 Å². The van der Waals surface area contributed by atoms with Crippen LogP contribution in [-0.2, 0) is 4.74 Å². The van der Waals surface area contributed by atoms with Crippen LogP contribution in [0.5, 0.6) is 0 Å². The van der Waals surface area contributed by atoms with E-state index >= 15 is 0 Å². The molecule has 1 aliphatic rings. The lowest BCUT2D eigenvalue weighted by Crippen LogP contribution is -2.32. The molecule has 1 aromatic rings. The molecule has 20 heavy (non-hydrogen) atoms. The summed E-state index contributed by atoms with van der Waals surface area (Å²) in [6, 6.07) is 1.81. The van der Waals surface area contributed by atoms with E-state index in [9.17, 15) is 4.79 Å².